The molecule has 1 N–H and O–H groups in total. The normalized spacial score (nSPS) is 11.1. The molecule has 4 nitrogen and oxygen atoms in total. The number of thioether (sulfide) groups is 1. The molecule has 0 atom stereocenters. The molecule has 20 heavy (non-hydrogen) atoms. The molecule has 0 aliphatic carbocycles. The van der Waals surface area contributed by atoms with Crippen LogP contribution in [-0.4, -0.2) is 46.8 Å². The van der Waals surface area contributed by atoms with Crippen LogP contribution in [0.25, 0.3) is 0 Å². The van der Waals surface area contributed by atoms with Crippen LogP contribution >= 0.6 is 11.8 Å². The maximum Gasteiger partial charge on any atom is 0.131 e. The van der Waals surface area contributed by atoms with Gasteiger partial charge in [0.15, 0.2) is 0 Å². The van der Waals surface area contributed by atoms with Gasteiger partial charge >= 0.3 is 0 Å². The van der Waals surface area contributed by atoms with Gasteiger partial charge in [-0.25, -0.2) is 9.97 Å². The van der Waals surface area contributed by atoms with Crippen molar-refractivity contribution in [2.45, 2.75) is 45.6 Å². The number of nitrogens with zero attached hydrogens (tertiary/aromatic N) is 3. The van der Waals surface area contributed by atoms with Crippen molar-refractivity contribution in [2.75, 3.05) is 37.2 Å². The predicted octanol–water partition coefficient (Wildman–Crippen LogP) is 3.29. The summed E-state index contributed by atoms with van der Waals surface area (Å²) in [7, 11) is 0. The van der Waals surface area contributed by atoms with Crippen LogP contribution in [0, 0.1) is 0 Å². The summed E-state index contributed by atoms with van der Waals surface area (Å²) in [6.07, 6.45) is 1.99. The van der Waals surface area contributed by atoms with Gasteiger partial charge in [-0.05, 0) is 19.5 Å². The van der Waals surface area contributed by atoms with Gasteiger partial charge in [-0.15, -0.1) is 11.8 Å². The minimum Gasteiger partial charge on any atom is -0.370 e. The lowest BCUT2D eigenvalue weighted by atomic mass is 10.4. The van der Waals surface area contributed by atoms with Gasteiger partial charge < -0.3 is 10.2 Å². The molecule has 0 fully saturated rings. The van der Waals surface area contributed by atoms with Crippen molar-refractivity contribution in [1.29, 1.82) is 0 Å². The van der Waals surface area contributed by atoms with E-state index in [1.807, 2.05) is 11.8 Å². The predicted molar refractivity (Wildman–Crippen MR) is 88.7 cm³/mol. The van der Waals surface area contributed by atoms with Crippen molar-refractivity contribution >= 4 is 17.6 Å². The molecule has 0 bridgehead atoms. The molecule has 0 aliphatic rings. The van der Waals surface area contributed by atoms with Gasteiger partial charge in [0.25, 0.3) is 0 Å². The maximum atomic E-state index is 4.60. The van der Waals surface area contributed by atoms with Crippen LogP contribution in [0.5, 0.6) is 0 Å². The highest BCUT2D eigenvalue weighted by molar-refractivity contribution is 7.99. The highest BCUT2D eigenvalue weighted by Gasteiger charge is 2.05. The highest BCUT2D eigenvalue weighted by Crippen LogP contribution is 2.19. The van der Waals surface area contributed by atoms with E-state index in [0.29, 0.717) is 0 Å². The monoisotopic (exact) mass is 296 g/mol. The van der Waals surface area contributed by atoms with E-state index in [0.717, 1.165) is 61.4 Å². The van der Waals surface area contributed by atoms with Crippen molar-refractivity contribution in [1.82, 2.24) is 14.9 Å². The minimum atomic E-state index is 0.880. The summed E-state index contributed by atoms with van der Waals surface area (Å²) in [6.45, 7) is 13.0. The van der Waals surface area contributed by atoms with Crippen molar-refractivity contribution < 1.29 is 0 Å². The van der Waals surface area contributed by atoms with Gasteiger partial charge in [0.05, 0.1) is 0 Å². The largest absolute Gasteiger partial charge is 0.370 e. The van der Waals surface area contributed by atoms with Crippen molar-refractivity contribution in [3.05, 3.63) is 11.9 Å². The Kier molecular flexibility index (Phi) is 8.62. The van der Waals surface area contributed by atoms with Gasteiger partial charge in [-0.3, -0.25) is 0 Å². The molecule has 1 rings (SSSR count). The lowest BCUT2D eigenvalue weighted by Gasteiger charge is -2.17. The fraction of sp³-hybridized carbons (Fsp3) is 0.733. The highest BCUT2D eigenvalue weighted by atomic mass is 32.2. The number of aryl methyl sites for hydroxylation is 1. The standard InChI is InChI=1S/C15H28N4S/c1-5-9-16-14-12-15(18-13(6-2)17-14)20-11-10-19(7-3)8-4/h12H,5-11H2,1-4H3,(H,16,17,18). The van der Waals surface area contributed by atoms with E-state index in [9.17, 15) is 0 Å². The van der Waals surface area contributed by atoms with Gasteiger partial charge in [-0.2, -0.15) is 0 Å². The molecule has 1 aromatic heterocycles. The van der Waals surface area contributed by atoms with Crippen LogP contribution < -0.4 is 5.32 Å². The number of aromatic nitrogens is 2. The molecule has 114 valence electrons. The van der Waals surface area contributed by atoms with Crippen LogP contribution in [0.1, 0.15) is 39.9 Å². The first-order valence-corrected chi connectivity index (χ1v) is 8.68. The number of nitrogens with one attached hydrogen (secondary N) is 1. The number of hydrogen-bond donors (Lipinski definition) is 1. The van der Waals surface area contributed by atoms with Gasteiger partial charge in [0, 0.05) is 31.3 Å². The lowest BCUT2D eigenvalue weighted by Crippen LogP contribution is -2.25. The summed E-state index contributed by atoms with van der Waals surface area (Å²) in [6, 6.07) is 2.07. The molecule has 0 aromatic carbocycles. The summed E-state index contributed by atoms with van der Waals surface area (Å²) < 4.78 is 0. The summed E-state index contributed by atoms with van der Waals surface area (Å²) >= 11 is 1.82. The van der Waals surface area contributed by atoms with Crippen molar-refractivity contribution in [3.8, 4) is 0 Å². The molecule has 1 aromatic rings. The summed E-state index contributed by atoms with van der Waals surface area (Å²) in [4.78, 5) is 11.6. The zero-order chi connectivity index (χ0) is 14.8. The molecule has 0 aliphatic heterocycles. The molecule has 0 radical (unpaired) electrons. The molecule has 5 heteroatoms. The van der Waals surface area contributed by atoms with Crippen LogP contribution in [0.15, 0.2) is 11.1 Å². The third-order valence-electron chi connectivity index (χ3n) is 3.17. The topological polar surface area (TPSA) is 41.0 Å². The number of anilines is 1. The number of hydrogen-bond acceptors (Lipinski definition) is 5. The molecular weight excluding hydrogens is 268 g/mol. The molecule has 1 heterocycles. The smallest absolute Gasteiger partial charge is 0.131 e. The van der Waals surface area contributed by atoms with E-state index >= 15 is 0 Å². The zero-order valence-electron chi connectivity index (χ0n) is 13.3. The average Bonchev–Trinajstić information content (AvgIpc) is 2.49. The number of rotatable bonds is 10. The van der Waals surface area contributed by atoms with Crippen LogP contribution in [0.2, 0.25) is 0 Å². The fourth-order valence-corrected chi connectivity index (χ4v) is 2.79. The first kappa shape index (κ1) is 17.2. The van der Waals surface area contributed by atoms with Crippen LogP contribution in [-0.2, 0) is 6.42 Å². The van der Waals surface area contributed by atoms with E-state index in [4.69, 9.17) is 0 Å². The van der Waals surface area contributed by atoms with Crippen molar-refractivity contribution in [2.24, 2.45) is 0 Å². The summed E-state index contributed by atoms with van der Waals surface area (Å²) in [5.41, 5.74) is 0. The fourth-order valence-electron chi connectivity index (χ4n) is 1.87. The first-order chi connectivity index (χ1) is 9.73. The summed E-state index contributed by atoms with van der Waals surface area (Å²) in [5, 5.41) is 4.44. The van der Waals surface area contributed by atoms with E-state index in [-0.39, 0.29) is 0 Å². The Balaban J connectivity index is 2.59. The molecule has 0 amide bonds. The Morgan fingerprint density at radius 2 is 1.90 bits per heavy atom. The molecule has 0 spiro atoms. The molecular formula is C15H28N4S. The molecule has 0 saturated heterocycles. The third-order valence-corrected chi connectivity index (χ3v) is 4.06. The Morgan fingerprint density at radius 1 is 1.15 bits per heavy atom. The second-order valence-corrected chi connectivity index (χ2v) is 5.78. The van der Waals surface area contributed by atoms with Crippen LogP contribution in [0.3, 0.4) is 0 Å². The van der Waals surface area contributed by atoms with Gasteiger partial charge in [0.1, 0.15) is 16.7 Å². The molecule has 0 saturated carbocycles. The summed E-state index contributed by atoms with van der Waals surface area (Å²) in [5.74, 6) is 2.97. The van der Waals surface area contributed by atoms with E-state index in [2.05, 4.69) is 53.9 Å². The Bertz CT molecular complexity index is 380. The van der Waals surface area contributed by atoms with Crippen molar-refractivity contribution in [3.63, 3.8) is 0 Å². The Hall–Kier alpha value is -0.810. The second kappa shape index (κ2) is 10.00. The Labute approximate surface area is 127 Å². The van der Waals surface area contributed by atoms with E-state index in [1.54, 1.807) is 0 Å². The first-order valence-electron chi connectivity index (χ1n) is 7.70. The third kappa shape index (κ3) is 6.09. The Morgan fingerprint density at radius 3 is 2.50 bits per heavy atom. The second-order valence-electron chi connectivity index (χ2n) is 4.66. The van der Waals surface area contributed by atoms with E-state index in [1.165, 1.54) is 0 Å². The van der Waals surface area contributed by atoms with E-state index < -0.39 is 0 Å². The minimum absolute atomic E-state index is 0.880. The maximum absolute atomic E-state index is 4.60. The van der Waals surface area contributed by atoms with Gasteiger partial charge in [0.2, 0.25) is 0 Å². The quantitative estimate of drug-likeness (QED) is 0.530. The lowest BCUT2D eigenvalue weighted by molar-refractivity contribution is 0.324. The van der Waals surface area contributed by atoms with Crippen LogP contribution in [0.4, 0.5) is 5.82 Å². The van der Waals surface area contributed by atoms with Gasteiger partial charge in [-0.1, -0.05) is 27.7 Å². The zero-order valence-corrected chi connectivity index (χ0v) is 14.1. The molecule has 0 unspecified atom stereocenters. The SMILES string of the molecule is CCCNc1cc(SCCN(CC)CC)nc(CC)n1. The average molecular weight is 296 g/mol.